The first-order valence-electron chi connectivity index (χ1n) is 8.14. The van der Waals surface area contributed by atoms with Crippen molar-refractivity contribution < 1.29 is 18.0 Å². The molecule has 0 unspecified atom stereocenters. The summed E-state index contributed by atoms with van der Waals surface area (Å²) in [4.78, 5) is 20.7. The number of hydrogen-bond acceptors (Lipinski definition) is 5. The summed E-state index contributed by atoms with van der Waals surface area (Å²) in [5, 5.41) is 15.5. The third-order valence-corrected chi connectivity index (χ3v) is 4.35. The van der Waals surface area contributed by atoms with E-state index in [4.69, 9.17) is 5.26 Å². The number of carbonyl (C=O) groups excluding carboxylic acids is 1. The van der Waals surface area contributed by atoms with Gasteiger partial charge in [-0.1, -0.05) is 15.9 Å². The van der Waals surface area contributed by atoms with E-state index in [-0.39, 0.29) is 10.0 Å². The minimum Gasteiger partial charge on any atom is -0.342 e. The number of benzene rings is 1. The highest BCUT2D eigenvalue weighted by Crippen LogP contribution is 2.32. The first kappa shape index (κ1) is 20.5. The Morgan fingerprint density at radius 3 is 2.66 bits per heavy atom. The van der Waals surface area contributed by atoms with Gasteiger partial charge in [0, 0.05) is 16.2 Å². The van der Waals surface area contributed by atoms with E-state index in [9.17, 15) is 18.0 Å². The molecule has 11 heteroatoms. The number of pyridine rings is 1. The van der Waals surface area contributed by atoms with Crippen LogP contribution in [-0.4, -0.2) is 25.7 Å². The second kappa shape index (κ2) is 8.00. The fraction of sp³-hybridized carbons (Fsp3) is 0.167. The molecule has 29 heavy (non-hydrogen) atoms. The van der Waals surface area contributed by atoms with Crippen molar-refractivity contribution in [1.29, 1.82) is 5.26 Å². The number of nitrogens with zero attached hydrogens (tertiary/aromatic N) is 5. The molecule has 2 aromatic heterocycles. The zero-order valence-electron chi connectivity index (χ0n) is 14.8. The highest BCUT2D eigenvalue weighted by Gasteiger charge is 2.32. The molecule has 7 nitrogen and oxygen atoms in total. The van der Waals surface area contributed by atoms with Gasteiger partial charge >= 0.3 is 6.18 Å². The van der Waals surface area contributed by atoms with Crippen LogP contribution in [0.4, 0.5) is 13.2 Å². The Morgan fingerprint density at radius 1 is 1.28 bits per heavy atom. The van der Waals surface area contributed by atoms with Crippen molar-refractivity contribution in [2.75, 3.05) is 0 Å². The van der Waals surface area contributed by atoms with Crippen LogP contribution in [0.25, 0.3) is 5.82 Å². The van der Waals surface area contributed by atoms with Crippen LogP contribution >= 0.6 is 15.9 Å². The van der Waals surface area contributed by atoms with Crippen LogP contribution in [-0.2, 0) is 6.18 Å². The van der Waals surface area contributed by atoms with E-state index in [1.807, 2.05) is 6.07 Å². The summed E-state index contributed by atoms with van der Waals surface area (Å²) in [6, 6.07) is 7.35. The van der Waals surface area contributed by atoms with Crippen LogP contribution in [0, 0.1) is 11.3 Å². The summed E-state index contributed by atoms with van der Waals surface area (Å²) in [5.74, 6) is -0.00681. The molecular formula is C18H12BrF3N6O. The van der Waals surface area contributed by atoms with Gasteiger partial charge in [0.2, 0.25) is 0 Å². The molecule has 0 aliphatic carbocycles. The van der Waals surface area contributed by atoms with Gasteiger partial charge in [0.05, 0.1) is 17.2 Å². The fourth-order valence-electron chi connectivity index (χ4n) is 2.53. The SMILES string of the molecule is C[C@H](NC(=O)c1cc(Br)cc(C(F)(F)F)c1)c1ncnn1-c1ccc(C#N)cn1. The second-order valence-electron chi connectivity index (χ2n) is 5.97. The summed E-state index contributed by atoms with van der Waals surface area (Å²) in [6.07, 6.45) is -1.95. The highest BCUT2D eigenvalue weighted by atomic mass is 79.9. The lowest BCUT2D eigenvalue weighted by Gasteiger charge is -2.15. The quantitative estimate of drug-likeness (QED) is 0.633. The third-order valence-electron chi connectivity index (χ3n) is 3.89. The van der Waals surface area contributed by atoms with Gasteiger partial charge in [-0.15, -0.1) is 0 Å². The highest BCUT2D eigenvalue weighted by molar-refractivity contribution is 9.10. The Hall–Kier alpha value is -3.26. The van der Waals surface area contributed by atoms with Crippen LogP contribution in [0.15, 0.2) is 47.3 Å². The van der Waals surface area contributed by atoms with Crippen LogP contribution < -0.4 is 5.32 Å². The second-order valence-corrected chi connectivity index (χ2v) is 6.88. The van der Waals surface area contributed by atoms with Gasteiger partial charge in [-0.05, 0) is 37.3 Å². The van der Waals surface area contributed by atoms with Crippen molar-refractivity contribution in [3.8, 4) is 11.9 Å². The maximum absolute atomic E-state index is 13.0. The lowest BCUT2D eigenvalue weighted by molar-refractivity contribution is -0.137. The standard InChI is InChI=1S/C18H12BrF3N6O/c1-10(16-25-9-26-28(16)15-3-2-11(7-23)8-24-15)27-17(29)12-4-13(18(20,21)22)6-14(19)5-12/h2-6,8-10H,1H3,(H,27,29)/t10-/m0/s1. The minimum atomic E-state index is -4.58. The monoisotopic (exact) mass is 464 g/mol. The number of carbonyl (C=O) groups is 1. The molecule has 0 aliphatic rings. The van der Waals surface area contributed by atoms with Gasteiger partial charge in [0.25, 0.3) is 5.91 Å². The molecule has 0 bridgehead atoms. The van der Waals surface area contributed by atoms with E-state index in [0.717, 1.165) is 12.1 Å². The minimum absolute atomic E-state index is 0.134. The van der Waals surface area contributed by atoms with Crippen molar-refractivity contribution in [3.63, 3.8) is 0 Å². The lowest BCUT2D eigenvalue weighted by atomic mass is 10.1. The molecular weight excluding hydrogens is 453 g/mol. The first-order chi connectivity index (χ1) is 13.7. The number of hydrogen-bond donors (Lipinski definition) is 1. The van der Waals surface area contributed by atoms with Crippen molar-refractivity contribution >= 4 is 21.8 Å². The summed E-state index contributed by atoms with van der Waals surface area (Å²) >= 11 is 2.99. The molecule has 1 aromatic carbocycles. The molecule has 148 valence electrons. The number of aromatic nitrogens is 4. The van der Waals surface area contributed by atoms with Crippen molar-refractivity contribution in [1.82, 2.24) is 25.1 Å². The maximum Gasteiger partial charge on any atom is 0.416 e. The number of nitriles is 1. The molecule has 1 N–H and O–H groups in total. The van der Waals surface area contributed by atoms with Gasteiger partial charge in [0.15, 0.2) is 11.6 Å². The molecule has 0 aliphatic heterocycles. The summed E-state index contributed by atoms with van der Waals surface area (Å²) in [6.45, 7) is 1.62. The average Bonchev–Trinajstić information content (AvgIpc) is 3.17. The fourth-order valence-corrected chi connectivity index (χ4v) is 3.02. The van der Waals surface area contributed by atoms with Gasteiger partial charge in [-0.25, -0.2) is 9.97 Å². The Morgan fingerprint density at radius 2 is 2.03 bits per heavy atom. The number of alkyl halides is 3. The van der Waals surface area contributed by atoms with Gasteiger partial charge < -0.3 is 5.32 Å². The predicted molar refractivity (Wildman–Crippen MR) is 98.9 cm³/mol. The van der Waals surface area contributed by atoms with Gasteiger partial charge in [0.1, 0.15) is 12.4 Å². The van der Waals surface area contributed by atoms with E-state index in [0.29, 0.717) is 17.2 Å². The summed E-state index contributed by atoms with van der Waals surface area (Å²) in [7, 11) is 0. The van der Waals surface area contributed by atoms with Gasteiger partial charge in [-0.2, -0.15) is 28.2 Å². The predicted octanol–water partition coefficient (Wildman–Crippen LogP) is 3.81. The normalized spacial score (nSPS) is 12.3. The Labute approximate surface area is 171 Å². The van der Waals surface area contributed by atoms with Crippen LogP contribution in [0.1, 0.15) is 40.3 Å². The number of halogens is 4. The topological polar surface area (TPSA) is 96.5 Å². The average molecular weight is 465 g/mol. The molecule has 1 atom stereocenters. The molecule has 2 heterocycles. The Kier molecular flexibility index (Phi) is 5.65. The first-order valence-corrected chi connectivity index (χ1v) is 8.93. The summed E-state index contributed by atoms with van der Waals surface area (Å²) in [5.41, 5.74) is -0.720. The van der Waals surface area contributed by atoms with Gasteiger partial charge in [-0.3, -0.25) is 4.79 Å². The van der Waals surface area contributed by atoms with E-state index in [1.54, 1.807) is 19.1 Å². The zero-order valence-corrected chi connectivity index (χ0v) is 16.4. The number of nitrogens with one attached hydrogen (secondary N) is 1. The van der Waals surface area contributed by atoms with Crippen molar-refractivity contribution in [2.45, 2.75) is 19.1 Å². The molecule has 0 spiro atoms. The van der Waals surface area contributed by atoms with Crippen LogP contribution in [0.2, 0.25) is 0 Å². The summed E-state index contributed by atoms with van der Waals surface area (Å²) < 4.78 is 40.5. The molecule has 0 fully saturated rings. The van der Waals surface area contributed by atoms with Crippen molar-refractivity contribution in [2.24, 2.45) is 0 Å². The van der Waals surface area contributed by atoms with Crippen molar-refractivity contribution in [3.05, 3.63) is 69.8 Å². The number of amides is 1. The molecule has 0 radical (unpaired) electrons. The van der Waals surface area contributed by atoms with E-state index in [2.05, 4.69) is 36.3 Å². The molecule has 0 saturated carbocycles. The number of rotatable bonds is 4. The molecule has 3 rings (SSSR count). The van der Waals surface area contributed by atoms with E-state index >= 15 is 0 Å². The maximum atomic E-state index is 13.0. The van der Waals surface area contributed by atoms with Crippen LogP contribution in [0.5, 0.6) is 0 Å². The Balaban J connectivity index is 1.84. The van der Waals surface area contributed by atoms with E-state index in [1.165, 1.54) is 23.3 Å². The van der Waals surface area contributed by atoms with Crippen LogP contribution in [0.3, 0.4) is 0 Å². The molecule has 3 aromatic rings. The smallest absolute Gasteiger partial charge is 0.342 e. The molecule has 1 amide bonds. The van der Waals surface area contributed by atoms with E-state index < -0.39 is 23.7 Å². The molecule has 0 saturated heterocycles. The largest absolute Gasteiger partial charge is 0.416 e. The Bertz CT molecular complexity index is 1090. The zero-order chi connectivity index (χ0) is 21.2. The lowest BCUT2D eigenvalue weighted by Crippen LogP contribution is -2.29. The third kappa shape index (κ3) is 4.60.